The van der Waals surface area contributed by atoms with Gasteiger partial charge in [0.15, 0.2) is 0 Å². The zero-order chi connectivity index (χ0) is 9.42. The smallest absolute Gasteiger partial charge is 0.374 e. The van der Waals surface area contributed by atoms with Crippen LogP contribution in [0, 0.1) is 0 Å². The Labute approximate surface area is 80.4 Å². The minimum atomic E-state index is -1.13. The number of aromatic carboxylic acids is 1. The number of carbonyl (C=O) groups is 1. The van der Waals surface area contributed by atoms with Gasteiger partial charge in [0, 0.05) is 12.4 Å². The molecule has 2 aromatic rings. The summed E-state index contributed by atoms with van der Waals surface area (Å²) in [5.74, 6) is -1.02. The van der Waals surface area contributed by atoms with Crippen LogP contribution in [0.5, 0.6) is 0 Å². The van der Waals surface area contributed by atoms with E-state index in [2.05, 4.69) is 31.1 Å². The summed E-state index contributed by atoms with van der Waals surface area (Å²) in [7, 11) is 0. The van der Waals surface area contributed by atoms with E-state index in [1.165, 1.54) is 10.6 Å². The molecule has 7 heteroatoms. The largest absolute Gasteiger partial charge is 0.475 e. The van der Waals surface area contributed by atoms with E-state index in [4.69, 9.17) is 5.11 Å². The Morgan fingerprint density at radius 1 is 1.54 bits per heavy atom. The molecular weight excluding hydrogens is 240 g/mol. The number of hydrogen-bond donors (Lipinski definition) is 1. The van der Waals surface area contributed by atoms with Gasteiger partial charge in [0.25, 0.3) is 5.78 Å². The van der Waals surface area contributed by atoms with Crippen molar-refractivity contribution in [2.75, 3.05) is 0 Å². The van der Waals surface area contributed by atoms with Gasteiger partial charge >= 0.3 is 5.97 Å². The number of carboxylic acids is 1. The van der Waals surface area contributed by atoms with Gasteiger partial charge < -0.3 is 5.11 Å². The van der Waals surface area contributed by atoms with E-state index >= 15 is 0 Å². The topological polar surface area (TPSA) is 80.4 Å². The first-order valence-electron chi connectivity index (χ1n) is 3.28. The van der Waals surface area contributed by atoms with Gasteiger partial charge in [-0.3, -0.25) is 4.40 Å². The molecule has 0 amide bonds. The van der Waals surface area contributed by atoms with Crippen LogP contribution in [0.1, 0.15) is 10.6 Å². The second-order valence-corrected chi connectivity index (χ2v) is 3.19. The van der Waals surface area contributed by atoms with E-state index in [1.807, 2.05) is 0 Å². The summed E-state index contributed by atoms with van der Waals surface area (Å²) in [6.07, 6.45) is 3.07. The van der Waals surface area contributed by atoms with Gasteiger partial charge in [-0.1, -0.05) is 0 Å². The third-order valence-corrected chi connectivity index (χ3v) is 1.83. The number of aromatic nitrogens is 4. The summed E-state index contributed by atoms with van der Waals surface area (Å²) in [4.78, 5) is 14.5. The molecule has 0 aliphatic rings. The number of halogens is 1. The molecule has 0 aliphatic heterocycles. The molecule has 0 radical (unpaired) electrons. The lowest BCUT2D eigenvalue weighted by atomic mass is 10.6. The standard InChI is InChI=1S/C6H3BrN4O2/c7-3-1-8-6-10-9-4(5(12)13)11(6)2-3/h1-2H,(H,12,13). The lowest BCUT2D eigenvalue weighted by Crippen LogP contribution is -2.03. The predicted molar refractivity (Wildman–Crippen MR) is 45.4 cm³/mol. The van der Waals surface area contributed by atoms with Crippen molar-refractivity contribution in [1.29, 1.82) is 0 Å². The van der Waals surface area contributed by atoms with Crippen molar-refractivity contribution in [2.45, 2.75) is 0 Å². The average molecular weight is 243 g/mol. The molecular formula is C6H3BrN4O2. The van der Waals surface area contributed by atoms with Gasteiger partial charge in [-0.05, 0) is 15.9 Å². The van der Waals surface area contributed by atoms with E-state index in [9.17, 15) is 4.79 Å². The number of carboxylic acid groups (broad SMARTS) is 1. The fourth-order valence-corrected chi connectivity index (χ4v) is 1.22. The second-order valence-electron chi connectivity index (χ2n) is 2.27. The van der Waals surface area contributed by atoms with Gasteiger partial charge in [0.1, 0.15) is 0 Å². The monoisotopic (exact) mass is 242 g/mol. The van der Waals surface area contributed by atoms with Crippen molar-refractivity contribution >= 4 is 27.7 Å². The van der Waals surface area contributed by atoms with E-state index in [1.54, 1.807) is 6.20 Å². The quantitative estimate of drug-likeness (QED) is 0.792. The van der Waals surface area contributed by atoms with E-state index in [0.717, 1.165) is 0 Å². The molecule has 0 spiro atoms. The molecule has 0 aromatic carbocycles. The molecule has 0 atom stereocenters. The van der Waals surface area contributed by atoms with Crippen molar-refractivity contribution in [3.05, 3.63) is 22.7 Å². The van der Waals surface area contributed by atoms with Crippen molar-refractivity contribution < 1.29 is 9.90 Å². The molecule has 6 nitrogen and oxygen atoms in total. The zero-order valence-corrected chi connectivity index (χ0v) is 7.76. The first kappa shape index (κ1) is 8.11. The van der Waals surface area contributed by atoms with Gasteiger partial charge in [0.05, 0.1) is 4.47 Å². The second kappa shape index (κ2) is 2.77. The Morgan fingerprint density at radius 2 is 2.31 bits per heavy atom. The van der Waals surface area contributed by atoms with Crippen molar-refractivity contribution in [3.63, 3.8) is 0 Å². The average Bonchev–Trinajstić information content (AvgIpc) is 2.46. The lowest BCUT2D eigenvalue weighted by molar-refractivity contribution is 0.0682. The fourth-order valence-electron chi connectivity index (χ4n) is 0.912. The number of hydrogen-bond acceptors (Lipinski definition) is 4. The molecule has 0 saturated heterocycles. The minimum absolute atomic E-state index is 0.149. The summed E-state index contributed by atoms with van der Waals surface area (Å²) in [6, 6.07) is 0. The molecule has 0 bridgehead atoms. The summed E-state index contributed by atoms with van der Waals surface area (Å²) in [5.41, 5.74) is 0. The van der Waals surface area contributed by atoms with Crippen molar-refractivity contribution in [1.82, 2.24) is 19.6 Å². The first-order chi connectivity index (χ1) is 6.18. The summed E-state index contributed by atoms with van der Waals surface area (Å²) >= 11 is 3.17. The van der Waals surface area contributed by atoms with E-state index in [-0.39, 0.29) is 11.6 Å². The van der Waals surface area contributed by atoms with Crippen LogP contribution in [-0.4, -0.2) is 30.7 Å². The maximum absolute atomic E-state index is 10.6. The number of fused-ring (bicyclic) bond motifs is 1. The molecule has 2 heterocycles. The van der Waals surface area contributed by atoms with E-state index < -0.39 is 5.97 Å². The van der Waals surface area contributed by atoms with Gasteiger partial charge in [-0.25, -0.2) is 9.78 Å². The zero-order valence-electron chi connectivity index (χ0n) is 6.18. The summed E-state index contributed by atoms with van der Waals surface area (Å²) in [6.45, 7) is 0. The normalized spacial score (nSPS) is 10.5. The third kappa shape index (κ3) is 1.26. The highest BCUT2D eigenvalue weighted by Crippen LogP contribution is 2.09. The molecule has 0 aliphatic carbocycles. The fraction of sp³-hybridized carbons (Fsp3) is 0. The van der Waals surface area contributed by atoms with Crippen molar-refractivity contribution in [3.8, 4) is 0 Å². The Bertz CT molecular complexity index is 480. The van der Waals surface area contributed by atoms with Crippen LogP contribution in [0.2, 0.25) is 0 Å². The molecule has 2 rings (SSSR count). The first-order valence-corrected chi connectivity index (χ1v) is 4.07. The number of rotatable bonds is 1. The predicted octanol–water partition coefficient (Wildman–Crippen LogP) is 0.585. The van der Waals surface area contributed by atoms with Crippen LogP contribution in [-0.2, 0) is 0 Å². The molecule has 0 unspecified atom stereocenters. The summed E-state index contributed by atoms with van der Waals surface area (Å²) in [5, 5.41) is 15.7. The SMILES string of the molecule is O=C(O)c1nnc2ncc(Br)cn12. The Hall–Kier alpha value is -1.50. The summed E-state index contributed by atoms with van der Waals surface area (Å²) < 4.78 is 1.97. The van der Waals surface area contributed by atoms with E-state index in [0.29, 0.717) is 4.47 Å². The molecule has 1 N–H and O–H groups in total. The molecule has 0 saturated carbocycles. The van der Waals surface area contributed by atoms with Crippen LogP contribution in [0.4, 0.5) is 0 Å². The Balaban J connectivity index is 2.79. The van der Waals surface area contributed by atoms with Gasteiger partial charge in [0.2, 0.25) is 5.82 Å². The number of nitrogens with zero attached hydrogens (tertiary/aromatic N) is 4. The third-order valence-electron chi connectivity index (χ3n) is 1.42. The molecule has 0 fully saturated rings. The highest BCUT2D eigenvalue weighted by molar-refractivity contribution is 9.10. The molecule has 2 aromatic heterocycles. The van der Waals surface area contributed by atoms with Crippen LogP contribution in [0.3, 0.4) is 0 Å². The Kier molecular flexibility index (Phi) is 1.73. The Morgan fingerprint density at radius 3 is 3.00 bits per heavy atom. The maximum Gasteiger partial charge on any atom is 0.374 e. The lowest BCUT2D eigenvalue weighted by Gasteiger charge is -1.93. The van der Waals surface area contributed by atoms with Crippen LogP contribution >= 0.6 is 15.9 Å². The molecule has 66 valence electrons. The molecule has 13 heavy (non-hydrogen) atoms. The highest BCUT2D eigenvalue weighted by Gasteiger charge is 2.12. The van der Waals surface area contributed by atoms with Crippen molar-refractivity contribution in [2.24, 2.45) is 0 Å². The van der Waals surface area contributed by atoms with Crippen LogP contribution in [0.25, 0.3) is 5.78 Å². The van der Waals surface area contributed by atoms with Gasteiger partial charge in [-0.2, -0.15) is 0 Å². The van der Waals surface area contributed by atoms with Crippen LogP contribution < -0.4 is 0 Å². The maximum atomic E-state index is 10.6. The van der Waals surface area contributed by atoms with Crippen LogP contribution in [0.15, 0.2) is 16.9 Å². The minimum Gasteiger partial charge on any atom is -0.475 e. The highest BCUT2D eigenvalue weighted by atomic mass is 79.9. The van der Waals surface area contributed by atoms with Gasteiger partial charge in [-0.15, -0.1) is 10.2 Å².